The average molecular weight is 335 g/mol. The Kier molecular flexibility index (Phi) is 6.46. The van der Waals surface area contributed by atoms with Crippen LogP contribution in [-0.2, 0) is 16.1 Å². The lowest BCUT2D eigenvalue weighted by molar-refractivity contribution is -0.139. The maximum absolute atomic E-state index is 11.5. The number of ether oxygens (including phenoxy) is 2. The molecule has 0 aliphatic heterocycles. The summed E-state index contributed by atoms with van der Waals surface area (Å²) in [5, 5.41) is 9.19. The third-order valence-corrected chi connectivity index (χ3v) is 4.03. The second-order valence-electron chi connectivity index (χ2n) is 4.57. The molecule has 2 rings (SSSR count). The van der Waals surface area contributed by atoms with E-state index >= 15 is 0 Å². The summed E-state index contributed by atoms with van der Waals surface area (Å²) in [4.78, 5) is 11.5. The number of carbonyl (C=O) groups excluding carboxylic acids is 1. The van der Waals surface area contributed by atoms with Gasteiger partial charge >= 0.3 is 5.97 Å². The van der Waals surface area contributed by atoms with Crippen LogP contribution in [0.4, 0.5) is 0 Å². The Morgan fingerprint density at radius 3 is 2.65 bits per heavy atom. The molecule has 0 atom stereocenters. The molecule has 0 aliphatic carbocycles. The van der Waals surface area contributed by atoms with E-state index in [2.05, 4.69) is 10.2 Å². The number of rotatable bonds is 8. The predicted octanol–water partition coefficient (Wildman–Crippen LogP) is 3.02. The topological polar surface area (TPSA) is 66.2 Å². The molecule has 1 aromatic heterocycles. The predicted molar refractivity (Wildman–Crippen MR) is 89.7 cm³/mol. The van der Waals surface area contributed by atoms with E-state index < -0.39 is 0 Å². The number of aromatic nitrogens is 3. The fourth-order valence-electron chi connectivity index (χ4n) is 2.14. The van der Waals surface area contributed by atoms with E-state index in [0.29, 0.717) is 24.9 Å². The molecule has 0 bridgehead atoms. The first kappa shape index (κ1) is 17.3. The zero-order valence-electron chi connectivity index (χ0n) is 13.6. The largest absolute Gasteiger partial charge is 0.493 e. The van der Waals surface area contributed by atoms with Crippen molar-refractivity contribution in [2.75, 3.05) is 19.0 Å². The number of esters is 1. The second kappa shape index (κ2) is 8.57. The van der Waals surface area contributed by atoms with Crippen molar-refractivity contribution in [1.29, 1.82) is 0 Å². The van der Waals surface area contributed by atoms with E-state index in [1.807, 2.05) is 42.7 Å². The summed E-state index contributed by atoms with van der Waals surface area (Å²) in [6.07, 6.45) is 0. The molecule has 0 radical (unpaired) electrons. The molecule has 1 aromatic carbocycles. The number of thioether (sulfide) groups is 1. The Balaban J connectivity index is 2.26. The third-order valence-electron chi connectivity index (χ3n) is 3.09. The van der Waals surface area contributed by atoms with Crippen LogP contribution in [0.25, 0.3) is 11.4 Å². The minimum absolute atomic E-state index is 0.221. The Morgan fingerprint density at radius 2 is 1.96 bits per heavy atom. The van der Waals surface area contributed by atoms with Crippen molar-refractivity contribution >= 4 is 17.7 Å². The van der Waals surface area contributed by atoms with Gasteiger partial charge in [0, 0.05) is 6.54 Å². The van der Waals surface area contributed by atoms with Crippen LogP contribution in [0.5, 0.6) is 5.75 Å². The first-order valence-electron chi connectivity index (χ1n) is 7.65. The van der Waals surface area contributed by atoms with Crippen molar-refractivity contribution in [3.63, 3.8) is 0 Å². The van der Waals surface area contributed by atoms with E-state index in [1.165, 1.54) is 11.8 Å². The van der Waals surface area contributed by atoms with Gasteiger partial charge in [-0.1, -0.05) is 23.9 Å². The van der Waals surface area contributed by atoms with E-state index in [9.17, 15) is 4.79 Å². The van der Waals surface area contributed by atoms with Crippen LogP contribution in [-0.4, -0.2) is 39.7 Å². The Labute approximate surface area is 140 Å². The van der Waals surface area contributed by atoms with Gasteiger partial charge in [-0.3, -0.25) is 4.79 Å². The van der Waals surface area contributed by atoms with Crippen LogP contribution >= 0.6 is 11.8 Å². The van der Waals surface area contributed by atoms with Gasteiger partial charge in [-0.15, -0.1) is 10.2 Å². The molecule has 23 heavy (non-hydrogen) atoms. The summed E-state index contributed by atoms with van der Waals surface area (Å²) in [6.45, 7) is 7.43. The van der Waals surface area contributed by atoms with Gasteiger partial charge < -0.3 is 14.0 Å². The van der Waals surface area contributed by atoms with Crippen molar-refractivity contribution in [3.8, 4) is 17.1 Å². The SMILES string of the molecule is CCOC(=O)CSc1nnc(-c2ccccc2OCC)n1CC. The summed E-state index contributed by atoms with van der Waals surface area (Å²) in [5.74, 6) is 1.49. The maximum atomic E-state index is 11.5. The molecule has 0 N–H and O–H groups in total. The number of hydrogen-bond donors (Lipinski definition) is 0. The molecular formula is C16H21N3O3S. The van der Waals surface area contributed by atoms with Crippen LogP contribution in [0.3, 0.4) is 0 Å². The van der Waals surface area contributed by atoms with Crippen molar-refractivity contribution in [2.24, 2.45) is 0 Å². The van der Waals surface area contributed by atoms with Crippen LogP contribution in [0.2, 0.25) is 0 Å². The fraction of sp³-hybridized carbons (Fsp3) is 0.438. The van der Waals surface area contributed by atoms with E-state index in [1.54, 1.807) is 6.92 Å². The highest BCUT2D eigenvalue weighted by molar-refractivity contribution is 7.99. The normalized spacial score (nSPS) is 10.6. The minimum atomic E-state index is -0.251. The van der Waals surface area contributed by atoms with Crippen LogP contribution in [0, 0.1) is 0 Å². The monoisotopic (exact) mass is 335 g/mol. The molecular weight excluding hydrogens is 314 g/mol. The van der Waals surface area contributed by atoms with Gasteiger partial charge in [-0.2, -0.15) is 0 Å². The first-order chi connectivity index (χ1) is 11.2. The molecule has 6 nitrogen and oxygen atoms in total. The van der Waals surface area contributed by atoms with Crippen LogP contribution in [0.15, 0.2) is 29.4 Å². The number of para-hydroxylation sites is 1. The molecule has 0 amide bonds. The maximum Gasteiger partial charge on any atom is 0.316 e. The average Bonchev–Trinajstić information content (AvgIpc) is 2.97. The van der Waals surface area contributed by atoms with E-state index in [0.717, 1.165) is 17.1 Å². The Bertz CT molecular complexity index is 658. The highest BCUT2D eigenvalue weighted by atomic mass is 32.2. The van der Waals surface area contributed by atoms with Crippen molar-refractivity contribution < 1.29 is 14.3 Å². The molecule has 124 valence electrons. The molecule has 0 fully saturated rings. The number of nitrogens with zero attached hydrogens (tertiary/aromatic N) is 3. The van der Waals surface area contributed by atoms with Gasteiger partial charge in [0.2, 0.25) is 0 Å². The van der Waals surface area contributed by atoms with E-state index in [4.69, 9.17) is 9.47 Å². The molecule has 0 unspecified atom stereocenters. The Hall–Kier alpha value is -2.02. The van der Waals surface area contributed by atoms with Gasteiger partial charge in [0.25, 0.3) is 0 Å². The summed E-state index contributed by atoms with van der Waals surface area (Å²) in [6, 6.07) is 7.75. The smallest absolute Gasteiger partial charge is 0.316 e. The van der Waals surface area contributed by atoms with Gasteiger partial charge in [0.15, 0.2) is 11.0 Å². The van der Waals surface area contributed by atoms with E-state index in [-0.39, 0.29) is 11.7 Å². The lowest BCUT2D eigenvalue weighted by atomic mass is 10.2. The third kappa shape index (κ3) is 4.25. The molecule has 0 saturated carbocycles. The van der Waals surface area contributed by atoms with Crippen molar-refractivity contribution in [1.82, 2.24) is 14.8 Å². The highest BCUT2D eigenvalue weighted by Gasteiger charge is 2.17. The molecule has 0 saturated heterocycles. The summed E-state index contributed by atoms with van der Waals surface area (Å²) < 4.78 is 12.6. The first-order valence-corrected chi connectivity index (χ1v) is 8.63. The minimum Gasteiger partial charge on any atom is -0.493 e. The molecule has 2 aromatic rings. The summed E-state index contributed by atoms with van der Waals surface area (Å²) >= 11 is 1.33. The Morgan fingerprint density at radius 1 is 1.17 bits per heavy atom. The zero-order chi connectivity index (χ0) is 16.7. The van der Waals surface area contributed by atoms with Crippen molar-refractivity contribution in [3.05, 3.63) is 24.3 Å². The molecule has 0 spiro atoms. The molecule has 1 heterocycles. The van der Waals surface area contributed by atoms with Gasteiger partial charge in [-0.05, 0) is 32.9 Å². The van der Waals surface area contributed by atoms with Gasteiger partial charge in [0.05, 0.1) is 24.5 Å². The zero-order valence-corrected chi connectivity index (χ0v) is 14.4. The number of hydrogen-bond acceptors (Lipinski definition) is 6. The van der Waals surface area contributed by atoms with Gasteiger partial charge in [-0.25, -0.2) is 0 Å². The molecule has 0 aliphatic rings. The standard InChI is InChI=1S/C16H21N3O3S/c1-4-19-15(12-9-7-8-10-13(12)21-5-2)17-18-16(19)23-11-14(20)22-6-3/h7-10H,4-6,11H2,1-3H3. The fourth-order valence-corrected chi connectivity index (χ4v) is 2.94. The summed E-state index contributed by atoms with van der Waals surface area (Å²) in [5.41, 5.74) is 0.895. The summed E-state index contributed by atoms with van der Waals surface area (Å²) in [7, 11) is 0. The van der Waals surface area contributed by atoms with Gasteiger partial charge in [0.1, 0.15) is 5.75 Å². The molecule has 7 heteroatoms. The highest BCUT2D eigenvalue weighted by Crippen LogP contribution is 2.31. The quantitative estimate of drug-likeness (QED) is 0.546. The second-order valence-corrected chi connectivity index (χ2v) is 5.52. The van der Waals surface area contributed by atoms with Crippen LogP contribution < -0.4 is 4.74 Å². The lowest BCUT2D eigenvalue weighted by Crippen LogP contribution is -2.08. The van der Waals surface area contributed by atoms with Crippen molar-refractivity contribution in [2.45, 2.75) is 32.5 Å². The number of carbonyl (C=O) groups is 1. The number of benzene rings is 1. The lowest BCUT2D eigenvalue weighted by Gasteiger charge is -2.11. The van der Waals surface area contributed by atoms with Crippen LogP contribution in [0.1, 0.15) is 20.8 Å².